The second-order valence-corrected chi connectivity index (χ2v) is 5.89. The third kappa shape index (κ3) is 5.19. The van der Waals surface area contributed by atoms with E-state index in [0.29, 0.717) is 6.54 Å². The van der Waals surface area contributed by atoms with E-state index >= 15 is 0 Å². The largest absolute Gasteiger partial charge is 0.352 e. The highest BCUT2D eigenvalue weighted by atomic mass is 16.2. The molecule has 128 valence electrons. The van der Waals surface area contributed by atoms with E-state index in [4.69, 9.17) is 0 Å². The first kappa shape index (κ1) is 17.7. The molecule has 0 atom stereocenters. The molecule has 24 heavy (non-hydrogen) atoms. The Hall–Kier alpha value is -2.70. The number of amides is 3. The summed E-state index contributed by atoms with van der Waals surface area (Å²) in [6, 6.07) is 9.47. The molecular formula is C17H22N4O3. The first-order valence-corrected chi connectivity index (χ1v) is 7.95. The monoisotopic (exact) mass is 330 g/mol. The average Bonchev–Trinajstić information content (AvgIpc) is 2.55. The van der Waals surface area contributed by atoms with Gasteiger partial charge in [-0.25, -0.2) is 5.01 Å². The highest BCUT2D eigenvalue weighted by Gasteiger charge is 2.24. The predicted molar refractivity (Wildman–Crippen MR) is 89.9 cm³/mol. The number of nitrogens with one attached hydrogen (secondary N) is 2. The maximum Gasteiger partial charge on any atom is 0.267 e. The summed E-state index contributed by atoms with van der Waals surface area (Å²) in [6.45, 7) is 3.91. The van der Waals surface area contributed by atoms with Crippen molar-refractivity contribution in [2.45, 2.75) is 39.3 Å². The summed E-state index contributed by atoms with van der Waals surface area (Å²) in [7, 11) is 0. The lowest BCUT2D eigenvalue weighted by Gasteiger charge is -2.23. The van der Waals surface area contributed by atoms with Gasteiger partial charge in [0.1, 0.15) is 5.71 Å². The van der Waals surface area contributed by atoms with Crippen LogP contribution in [0.4, 0.5) is 0 Å². The summed E-state index contributed by atoms with van der Waals surface area (Å²) in [5, 5.41) is 10.7. The molecule has 1 aromatic rings. The normalized spacial score (nSPS) is 14.4. The minimum absolute atomic E-state index is 0.0143. The van der Waals surface area contributed by atoms with Crippen LogP contribution in [0, 0.1) is 0 Å². The lowest BCUT2D eigenvalue weighted by Crippen LogP contribution is -2.44. The number of rotatable bonds is 6. The Morgan fingerprint density at radius 2 is 1.92 bits per heavy atom. The summed E-state index contributed by atoms with van der Waals surface area (Å²) in [5.74, 6) is -0.792. The van der Waals surface area contributed by atoms with Gasteiger partial charge in [-0.1, -0.05) is 30.3 Å². The van der Waals surface area contributed by atoms with Crippen LogP contribution in [0.2, 0.25) is 0 Å². The number of carbonyl (C=O) groups is 3. The van der Waals surface area contributed by atoms with Crippen LogP contribution in [0.1, 0.15) is 32.3 Å². The molecule has 0 unspecified atom stereocenters. The third-order valence-corrected chi connectivity index (χ3v) is 3.40. The van der Waals surface area contributed by atoms with Crippen molar-refractivity contribution in [3.63, 3.8) is 0 Å². The molecule has 2 N–H and O–H groups in total. The molecule has 1 aliphatic heterocycles. The van der Waals surface area contributed by atoms with Gasteiger partial charge in [-0.3, -0.25) is 14.4 Å². The van der Waals surface area contributed by atoms with E-state index in [2.05, 4.69) is 15.7 Å². The Kier molecular flexibility index (Phi) is 6.06. The Labute approximate surface area is 141 Å². The maximum absolute atomic E-state index is 12.1. The van der Waals surface area contributed by atoms with Crippen molar-refractivity contribution in [1.82, 2.24) is 15.6 Å². The molecule has 3 amide bonds. The average molecular weight is 330 g/mol. The molecule has 0 saturated heterocycles. The van der Waals surface area contributed by atoms with Gasteiger partial charge >= 0.3 is 0 Å². The SMILES string of the molecule is CC(C)NC(=O)CNC(=O)C1=NN(Cc2ccccc2)C(=O)CC1. The highest BCUT2D eigenvalue weighted by Crippen LogP contribution is 2.13. The summed E-state index contributed by atoms with van der Waals surface area (Å²) >= 11 is 0. The fourth-order valence-electron chi connectivity index (χ4n) is 2.28. The summed E-state index contributed by atoms with van der Waals surface area (Å²) in [5.41, 5.74) is 1.20. The zero-order valence-electron chi connectivity index (χ0n) is 13.9. The van der Waals surface area contributed by atoms with E-state index in [-0.39, 0.29) is 43.0 Å². The number of carbonyl (C=O) groups excluding carboxylic acids is 3. The molecule has 7 nitrogen and oxygen atoms in total. The van der Waals surface area contributed by atoms with Crippen LogP contribution in [-0.2, 0) is 20.9 Å². The third-order valence-electron chi connectivity index (χ3n) is 3.40. The first-order valence-electron chi connectivity index (χ1n) is 7.95. The van der Waals surface area contributed by atoms with E-state index in [1.807, 2.05) is 44.2 Å². The van der Waals surface area contributed by atoms with Crippen LogP contribution in [0.5, 0.6) is 0 Å². The molecule has 0 fully saturated rings. The van der Waals surface area contributed by atoms with Gasteiger partial charge in [-0.15, -0.1) is 0 Å². The van der Waals surface area contributed by atoms with E-state index in [1.54, 1.807) is 0 Å². The van der Waals surface area contributed by atoms with Gasteiger partial charge in [0.15, 0.2) is 0 Å². The Balaban J connectivity index is 1.96. The fraction of sp³-hybridized carbons (Fsp3) is 0.412. The van der Waals surface area contributed by atoms with E-state index < -0.39 is 5.91 Å². The summed E-state index contributed by atoms with van der Waals surface area (Å²) in [4.78, 5) is 35.7. The molecule has 2 rings (SSSR count). The van der Waals surface area contributed by atoms with Gasteiger partial charge in [0.05, 0.1) is 13.1 Å². The lowest BCUT2D eigenvalue weighted by atomic mass is 10.1. The van der Waals surface area contributed by atoms with Crippen molar-refractivity contribution in [1.29, 1.82) is 0 Å². The van der Waals surface area contributed by atoms with Crippen molar-refractivity contribution in [3.8, 4) is 0 Å². The van der Waals surface area contributed by atoms with Gasteiger partial charge in [0.2, 0.25) is 11.8 Å². The van der Waals surface area contributed by atoms with Crippen molar-refractivity contribution in [3.05, 3.63) is 35.9 Å². The molecule has 7 heteroatoms. The molecule has 0 spiro atoms. The van der Waals surface area contributed by atoms with Gasteiger partial charge in [0, 0.05) is 18.9 Å². The van der Waals surface area contributed by atoms with Gasteiger partial charge in [-0.2, -0.15) is 5.10 Å². The van der Waals surface area contributed by atoms with Crippen molar-refractivity contribution in [2.24, 2.45) is 5.10 Å². The van der Waals surface area contributed by atoms with E-state index in [1.165, 1.54) is 5.01 Å². The number of nitrogens with zero attached hydrogens (tertiary/aromatic N) is 2. The van der Waals surface area contributed by atoms with Crippen molar-refractivity contribution in [2.75, 3.05) is 6.54 Å². The van der Waals surface area contributed by atoms with Gasteiger partial charge < -0.3 is 10.6 Å². The number of hydrazone groups is 1. The Morgan fingerprint density at radius 3 is 2.58 bits per heavy atom. The summed E-state index contributed by atoms with van der Waals surface area (Å²) in [6.07, 6.45) is 0.513. The van der Waals surface area contributed by atoms with Crippen LogP contribution < -0.4 is 10.6 Å². The molecule has 0 aromatic heterocycles. The molecule has 1 aromatic carbocycles. The molecule has 0 bridgehead atoms. The van der Waals surface area contributed by atoms with Crippen molar-refractivity contribution < 1.29 is 14.4 Å². The topological polar surface area (TPSA) is 90.9 Å². The minimum atomic E-state index is -0.417. The zero-order valence-corrected chi connectivity index (χ0v) is 13.9. The quantitative estimate of drug-likeness (QED) is 0.808. The van der Waals surface area contributed by atoms with Crippen LogP contribution in [0.3, 0.4) is 0 Å². The fourth-order valence-corrected chi connectivity index (χ4v) is 2.28. The predicted octanol–water partition coefficient (Wildman–Crippen LogP) is 0.806. The second-order valence-electron chi connectivity index (χ2n) is 5.89. The molecule has 0 aliphatic carbocycles. The first-order chi connectivity index (χ1) is 11.5. The minimum Gasteiger partial charge on any atom is -0.352 e. The molecular weight excluding hydrogens is 308 g/mol. The van der Waals surface area contributed by atoms with E-state index in [0.717, 1.165) is 5.56 Å². The molecule has 0 saturated carbocycles. The number of hydrogen-bond acceptors (Lipinski definition) is 4. The van der Waals surface area contributed by atoms with Crippen molar-refractivity contribution >= 4 is 23.4 Å². The number of hydrogen-bond donors (Lipinski definition) is 2. The van der Waals surface area contributed by atoms with Crippen LogP contribution in [0.25, 0.3) is 0 Å². The zero-order chi connectivity index (χ0) is 17.5. The van der Waals surface area contributed by atoms with Crippen LogP contribution in [-0.4, -0.2) is 41.0 Å². The van der Waals surface area contributed by atoms with E-state index in [9.17, 15) is 14.4 Å². The molecule has 1 aliphatic rings. The number of benzene rings is 1. The molecule has 0 radical (unpaired) electrons. The smallest absolute Gasteiger partial charge is 0.267 e. The second kappa shape index (κ2) is 8.24. The lowest BCUT2D eigenvalue weighted by molar-refractivity contribution is -0.132. The Bertz CT molecular complexity index is 640. The molecule has 1 heterocycles. The van der Waals surface area contributed by atoms with Gasteiger partial charge in [0.25, 0.3) is 5.91 Å². The summed E-state index contributed by atoms with van der Waals surface area (Å²) < 4.78 is 0. The van der Waals surface area contributed by atoms with Crippen LogP contribution >= 0.6 is 0 Å². The Morgan fingerprint density at radius 1 is 1.21 bits per heavy atom. The standard InChI is InChI=1S/C17H22N4O3/c1-12(2)19-15(22)10-18-17(24)14-8-9-16(23)21(20-14)11-13-6-4-3-5-7-13/h3-7,12H,8-11H2,1-2H3,(H,18,24)(H,19,22). The highest BCUT2D eigenvalue weighted by molar-refractivity contribution is 6.39. The maximum atomic E-state index is 12.1. The van der Waals surface area contributed by atoms with Gasteiger partial charge in [-0.05, 0) is 19.4 Å². The van der Waals surface area contributed by atoms with Crippen LogP contribution in [0.15, 0.2) is 35.4 Å².